The molecular formula is C15H21NO2S. The van der Waals surface area contributed by atoms with E-state index in [0.717, 1.165) is 31.7 Å². The van der Waals surface area contributed by atoms with Crippen molar-refractivity contribution in [1.82, 2.24) is 0 Å². The highest BCUT2D eigenvalue weighted by Crippen LogP contribution is 2.39. The topological polar surface area (TPSA) is 29.5 Å². The van der Waals surface area contributed by atoms with Crippen LogP contribution in [0.2, 0.25) is 0 Å². The minimum atomic E-state index is 0.0117. The molecule has 0 aromatic heterocycles. The monoisotopic (exact) mass is 279 g/mol. The Morgan fingerprint density at radius 2 is 2.16 bits per heavy atom. The number of fused-ring (bicyclic) bond motifs is 1. The predicted octanol–water partition coefficient (Wildman–Crippen LogP) is 3.25. The van der Waals surface area contributed by atoms with E-state index in [-0.39, 0.29) is 11.2 Å². The Morgan fingerprint density at radius 3 is 2.89 bits per heavy atom. The molecule has 0 bridgehead atoms. The highest BCUT2D eigenvalue weighted by atomic mass is 32.2. The van der Waals surface area contributed by atoms with Gasteiger partial charge in [-0.25, -0.2) is 0 Å². The van der Waals surface area contributed by atoms with Gasteiger partial charge < -0.3 is 9.64 Å². The Hall–Kier alpha value is -1.00. The first kappa shape index (κ1) is 14.4. The fourth-order valence-corrected chi connectivity index (χ4v) is 3.31. The molecule has 0 radical (unpaired) electrons. The van der Waals surface area contributed by atoms with Gasteiger partial charge in [-0.05, 0) is 44.4 Å². The third-order valence-electron chi connectivity index (χ3n) is 3.30. The molecule has 1 amide bonds. The van der Waals surface area contributed by atoms with Crippen molar-refractivity contribution < 1.29 is 9.53 Å². The second-order valence-corrected chi connectivity index (χ2v) is 6.30. The molecule has 1 heterocycles. The molecule has 0 saturated carbocycles. The van der Waals surface area contributed by atoms with Gasteiger partial charge in [0.25, 0.3) is 0 Å². The first-order chi connectivity index (χ1) is 9.13. The molecule has 1 aliphatic heterocycles. The molecule has 1 aliphatic rings. The average molecular weight is 279 g/mol. The van der Waals surface area contributed by atoms with Crippen LogP contribution in [-0.4, -0.2) is 31.4 Å². The van der Waals surface area contributed by atoms with Crippen molar-refractivity contribution in [2.45, 2.75) is 36.8 Å². The summed E-state index contributed by atoms with van der Waals surface area (Å²) in [6.07, 6.45) is 1.97. The van der Waals surface area contributed by atoms with Crippen molar-refractivity contribution in [2.24, 2.45) is 0 Å². The lowest BCUT2D eigenvalue weighted by Gasteiger charge is -2.32. The first-order valence-electron chi connectivity index (χ1n) is 6.71. The number of methoxy groups -OCH3 is 1. The molecule has 4 heteroatoms. The largest absolute Gasteiger partial charge is 0.385 e. The number of anilines is 1. The van der Waals surface area contributed by atoms with Gasteiger partial charge in [0.15, 0.2) is 0 Å². The summed E-state index contributed by atoms with van der Waals surface area (Å²) in [7, 11) is 1.71. The van der Waals surface area contributed by atoms with E-state index in [4.69, 9.17) is 4.74 Å². The fraction of sp³-hybridized carbons (Fsp3) is 0.533. The van der Waals surface area contributed by atoms with Crippen molar-refractivity contribution in [1.29, 1.82) is 0 Å². The molecule has 0 fully saturated rings. The maximum Gasteiger partial charge on any atom is 0.240 e. The van der Waals surface area contributed by atoms with Crippen LogP contribution >= 0.6 is 11.8 Å². The van der Waals surface area contributed by atoms with Crippen molar-refractivity contribution in [3.8, 4) is 0 Å². The lowest BCUT2D eigenvalue weighted by atomic mass is 10.1. The summed E-state index contributed by atoms with van der Waals surface area (Å²) in [6, 6.07) is 6.35. The van der Waals surface area contributed by atoms with Gasteiger partial charge in [0.1, 0.15) is 0 Å². The summed E-state index contributed by atoms with van der Waals surface area (Å²) < 4.78 is 5.06. The van der Waals surface area contributed by atoms with Crippen LogP contribution in [0, 0.1) is 6.92 Å². The Balaban J connectivity index is 2.16. The van der Waals surface area contributed by atoms with Crippen LogP contribution in [-0.2, 0) is 9.53 Å². The maximum atomic E-state index is 12.3. The molecule has 1 atom stereocenters. The van der Waals surface area contributed by atoms with Crippen LogP contribution in [0.25, 0.3) is 0 Å². The lowest BCUT2D eigenvalue weighted by Crippen LogP contribution is -2.40. The van der Waals surface area contributed by atoms with Gasteiger partial charge in [-0.15, -0.1) is 11.8 Å². The number of hydrogen-bond donors (Lipinski definition) is 0. The zero-order valence-electron chi connectivity index (χ0n) is 11.8. The van der Waals surface area contributed by atoms with Gasteiger partial charge in [-0.1, -0.05) is 6.07 Å². The third-order valence-corrected chi connectivity index (χ3v) is 4.46. The van der Waals surface area contributed by atoms with Gasteiger partial charge in [0, 0.05) is 25.2 Å². The normalized spacial score (nSPS) is 18.6. The van der Waals surface area contributed by atoms with Crippen molar-refractivity contribution in [3.63, 3.8) is 0 Å². The number of carbonyl (C=O) groups excluding carboxylic acids is 1. The zero-order valence-corrected chi connectivity index (χ0v) is 12.6. The molecule has 0 N–H and O–H groups in total. The Morgan fingerprint density at radius 1 is 1.37 bits per heavy atom. The number of ether oxygens (including phenoxy) is 1. The number of amides is 1. The van der Waals surface area contributed by atoms with Gasteiger partial charge in [-0.2, -0.15) is 0 Å². The van der Waals surface area contributed by atoms with Crippen LogP contribution in [0.4, 0.5) is 5.69 Å². The van der Waals surface area contributed by atoms with E-state index in [2.05, 4.69) is 25.1 Å². The highest BCUT2D eigenvalue weighted by Gasteiger charge is 2.30. The molecule has 2 rings (SSSR count). The van der Waals surface area contributed by atoms with Crippen LogP contribution < -0.4 is 4.90 Å². The summed E-state index contributed by atoms with van der Waals surface area (Å²) in [5.41, 5.74) is 2.27. The smallest absolute Gasteiger partial charge is 0.240 e. The quantitative estimate of drug-likeness (QED) is 0.775. The molecule has 1 unspecified atom stereocenters. The Bertz CT molecular complexity index is 461. The second kappa shape index (κ2) is 6.44. The van der Waals surface area contributed by atoms with Crippen molar-refractivity contribution in [2.75, 3.05) is 25.2 Å². The Labute approximate surface area is 119 Å². The van der Waals surface area contributed by atoms with E-state index in [1.165, 1.54) is 10.5 Å². The summed E-state index contributed by atoms with van der Waals surface area (Å²) in [4.78, 5) is 15.5. The molecule has 104 valence electrons. The number of nitrogens with zero attached hydrogens (tertiary/aromatic N) is 1. The molecule has 1 aromatic carbocycles. The molecule has 3 nitrogen and oxygen atoms in total. The number of benzene rings is 1. The maximum absolute atomic E-state index is 12.3. The molecule has 19 heavy (non-hydrogen) atoms. The van der Waals surface area contributed by atoms with E-state index >= 15 is 0 Å². The lowest BCUT2D eigenvalue weighted by molar-refractivity contribution is -0.118. The number of hydrogen-bond acceptors (Lipinski definition) is 3. The van der Waals surface area contributed by atoms with E-state index in [1.807, 2.05) is 11.8 Å². The Kier molecular flexibility index (Phi) is 4.88. The van der Waals surface area contributed by atoms with E-state index in [1.54, 1.807) is 18.9 Å². The predicted molar refractivity (Wildman–Crippen MR) is 80.0 cm³/mol. The average Bonchev–Trinajstić information content (AvgIpc) is 2.39. The van der Waals surface area contributed by atoms with Crippen LogP contribution in [0.1, 0.15) is 25.3 Å². The third kappa shape index (κ3) is 3.31. The summed E-state index contributed by atoms with van der Waals surface area (Å²) in [5.74, 6) is 0.223. The molecule has 1 aromatic rings. The zero-order chi connectivity index (χ0) is 13.8. The highest BCUT2D eigenvalue weighted by molar-refractivity contribution is 8.00. The van der Waals surface area contributed by atoms with E-state index in [9.17, 15) is 4.79 Å². The first-order valence-corrected chi connectivity index (χ1v) is 7.59. The number of thioether (sulfide) groups is 1. The minimum absolute atomic E-state index is 0.0117. The molecule has 0 spiro atoms. The van der Waals surface area contributed by atoms with E-state index in [0.29, 0.717) is 0 Å². The van der Waals surface area contributed by atoms with Gasteiger partial charge in [0.2, 0.25) is 5.91 Å². The minimum Gasteiger partial charge on any atom is -0.385 e. The number of rotatable bonds is 5. The fourth-order valence-electron chi connectivity index (χ4n) is 2.26. The van der Waals surface area contributed by atoms with Crippen molar-refractivity contribution in [3.05, 3.63) is 23.8 Å². The van der Waals surface area contributed by atoms with Crippen LogP contribution in [0.5, 0.6) is 0 Å². The molecule has 0 aliphatic carbocycles. The van der Waals surface area contributed by atoms with Crippen LogP contribution in [0.3, 0.4) is 0 Å². The van der Waals surface area contributed by atoms with Gasteiger partial charge in [0.05, 0.1) is 10.9 Å². The van der Waals surface area contributed by atoms with Gasteiger partial charge in [-0.3, -0.25) is 4.79 Å². The van der Waals surface area contributed by atoms with Crippen molar-refractivity contribution >= 4 is 23.4 Å². The SMILES string of the molecule is COCCCCN1C(=O)C(C)Sc2ccc(C)cc21. The number of unbranched alkanes of at least 4 members (excludes halogenated alkanes) is 1. The molecule has 0 saturated heterocycles. The standard InChI is InChI=1S/C15H21NO2S/c1-11-6-7-14-13(10-11)16(8-4-5-9-18-3)15(17)12(2)19-14/h6-7,10,12H,4-5,8-9H2,1-3H3. The second-order valence-electron chi connectivity index (χ2n) is 4.92. The summed E-state index contributed by atoms with van der Waals surface area (Å²) in [6.45, 7) is 5.59. The van der Waals surface area contributed by atoms with E-state index < -0.39 is 0 Å². The summed E-state index contributed by atoms with van der Waals surface area (Å²) >= 11 is 1.66. The number of aryl methyl sites for hydroxylation is 1. The van der Waals surface area contributed by atoms with Crippen LogP contribution in [0.15, 0.2) is 23.1 Å². The van der Waals surface area contributed by atoms with Gasteiger partial charge >= 0.3 is 0 Å². The molecular weight excluding hydrogens is 258 g/mol. The number of carbonyl (C=O) groups is 1. The summed E-state index contributed by atoms with van der Waals surface area (Å²) in [5, 5.41) is 0.0117.